The molecule has 1 N–H and O–H groups in total. The van der Waals surface area contributed by atoms with Gasteiger partial charge >= 0.3 is 0 Å². The zero-order chi connectivity index (χ0) is 9.97. The number of hydrogen-bond acceptors (Lipinski definition) is 4. The summed E-state index contributed by atoms with van der Waals surface area (Å²) >= 11 is 4.98. The summed E-state index contributed by atoms with van der Waals surface area (Å²) in [5, 5.41) is 12.0. The number of aromatic nitrogens is 1. The second kappa shape index (κ2) is 4.59. The number of thiazole rings is 1. The van der Waals surface area contributed by atoms with E-state index in [0.717, 1.165) is 9.73 Å². The van der Waals surface area contributed by atoms with Crippen LogP contribution < -0.4 is 4.90 Å². The fourth-order valence-corrected chi connectivity index (χ4v) is 2.97. The van der Waals surface area contributed by atoms with Crippen molar-refractivity contribution in [2.24, 2.45) is 0 Å². The Bertz CT molecular complexity index is 301. The zero-order valence-electron chi connectivity index (χ0n) is 7.82. The molecule has 0 atom stereocenters. The lowest BCUT2D eigenvalue weighted by Crippen LogP contribution is -2.41. The van der Waals surface area contributed by atoms with Crippen molar-refractivity contribution in [3.05, 3.63) is 9.98 Å². The van der Waals surface area contributed by atoms with Crippen LogP contribution in [0.1, 0.15) is 19.3 Å². The first-order chi connectivity index (χ1) is 6.81. The highest BCUT2D eigenvalue weighted by Gasteiger charge is 2.26. The van der Waals surface area contributed by atoms with Crippen molar-refractivity contribution in [2.45, 2.75) is 25.3 Å². The summed E-state index contributed by atoms with van der Waals surface area (Å²) in [6.07, 6.45) is 3.77. The fraction of sp³-hybridized carbons (Fsp3) is 0.667. The smallest absolute Gasteiger partial charge is 0.186 e. The summed E-state index contributed by atoms with van der Waals surface area (Å²) in [6.45, 7) is 0.901. The highest BCUT2D eigenvalue weighted by atomic mass is 79.9. The number of aliphatic hydroxyl groups excluding tert-OH is 1. The molecule has 0 radical (unpaired) electrons. The molecular formula is C9H13BrN2OS. The van der Waals surface area contributed by atoms with Gasteiger partial charge in [-0.05, 0) is 35.2 Å². The van der Waals surface area contributed by atoms with Gasteiger partial charge in [-0.3, -0.25) is 0 Å². The second-order valence-corrected chi connectivity index (χ2v) is 5.10. The van der Waals surface area contributed by atoms with Gasteiger partial charge in [0.15, 0.2) is 5.13 Å². The Kier molecular flexibility index (Phi) is 3.41. The average Bonchev–Trinajstić information content (AvgIpc) is 2.48. The van der Waals surface area contributed by atoms with Crippen LogP contribution in [-0.2, 0) is 0 Å². The van der Waals surface area contributed by atoms with E-state index in [4.69, 9.17) is 5.11 Å². The molecule has 1 aliphatic carbocycles. The monoisotopic (exact) mass is 276 g/mol. The van der Waals surface area contributed by atoms with Crippen LogP contribution in [0, 0.1) is 0 Å². The molecule has 14 heavy (non-hydrogen) atoms. The molecule has 2 rings (SSSR count). The third-order valence-electron chi connectivity index (χ3n) is 2.57. The SMILES string of the molecule is OCCN(c1nc(Br)cs1)C1CCC1. The minimum absolute atomic E-state index is 0.202. The summed E-state index contributed by atoms with van der Waals surface area (Å²) in [5.41, 5.74) is 0. The molecular weight excluding hydrogens is 264 g/mol. The quantitative estimate of drug-likeness (QED) is 0.917. The van der Waals surface area contributed by atoms with Crippen molar-refractivity contribution in [3.63, 3.8) is 0 Å². The van der Waals surface area contributed by atoms with Crippen molar-refractivity contribution in [1.29, 1.82) is 0 Å². The summed E-state index contributed by atoms with van der Waals surface area (Å²) in [4.78, 5) is 6.60. The number of hydrogen-bond donors (Lipinski definition) is 1. The largest absolute Gasteiger partial charge is 0.395 e. The molecule has 0 spiro atoms. The number of nitrogens with zero attached hydrogens (tertiary/aromatic N) is 2. The molecule has 1 aromatic rings. The fourth-order valence-electron chi connectivity index (χ4n) is 1.62. The van der Waals surface area contributed by atoms with E-state index in [1.807, 2.05) is 5.38 Å². The second-order valence-electron chi connectivity index (χ2n) is 3.45. The Morgan fingerprint density at radius 3 is 2.86 bits per heavy atom. The van der Waals surface area contributed by atoms with Crippen LogP contribution in [0.2, 0.25) is 0 Å². The van der Waals surface area contributed by atoms with E-state index in [2.05, 4.69) is 25.8 Å². The van der Waals surface area contributed by atoms with E-state index in [0.29, 0.717) is 12.6 Å². The Hall–Kier alpha value is -0.130. The summed E-state index contributed by atoms with van der Waals surface area (Å²) < 4.78 is 0.889. The highest BCUT2D eigenvalue weighted by Crippen LogP contribution is 2.32. The molecule has 0 aliphatic heterocycles. The molecule has 1 aliphatic rings. The van der Waals surface area contributed by atoms with Crippen molar-refractivity contribution in [3.8, 4) is 0 Å². The third kappa shape index (κ3) is 2.10. The van der Waals surface area contributed by atoms with Crippen molar-refractivity contribution < 1.29 is 5.11 Å². The molecule has 78 valence electrons. The van der Waals surface area contributed by atoms with Gasteiger partial charge in [0, 0.05) is 18.0 Å². The molecule has 0 amide bonds. The molecule has 0 aromatic carbocycles. The van der Waals surface area contributed by atoms with Crippen LogP contribution in [0.15, 0.2) is 9.98 Å². The first-order valence-electron chi connectivity index (χ1n) is 4.80. The van der Waals surface area contributed by atoms with Crippen molar-refractivity contribution in [1.82, 2.24) is 4.98 Å². The first kappa shape index (κ1) is 10.4. The maximum atomic E-state index is 9.00. The molecule has 5 heteroatoms. The molecule has 1 heterocycles. The Morgan fingerprint density at radius 2 is 2.43 bits per heavy atom. The zero-order valence-corrected chi connectivity index (χ0v) is 10.2. The van der Waals surface area contributed by atoms with Gasteiger partial charge in [0.05, 0.1) is 6.61 Å². The van der Waals surface area contributed by atoms with E-state index >= 15 is 0 Å². The lowest BCUT2D eigenvalue weighted by Gasteiger charge is -2.37. The topological polar surface area (TPSA) is 36.4 Å². The van der Waals surface area contributed by atoms with Crippen LogP contribution in [0.3, 0.4) is 0 Å². The van der Waals surface area contributed by atoms with Crippen LogP contribution >= 0.6 is 27.3 Å². The van der Waals surface area contributed by atoms with E-state index in [-0.39, 0.29) is 6.61 Å². The predicted molar refractivity (Wildman–Crippen MR) is 61.9 cm³/mol. The minimum Gasteiger partial charge on any atom is -0.395 e. The normalized spacial score (nSPS) is 16.7. The van der Waals surface area contributed by atoms with E-state index in [9.17, 15) is 0 Å². The molecule has 0 bridgehead atoms. The van der Waals surface area contributed by atoms with Gasteiger partial charge in [0.1, 0.15) is 4.60 Å². The summed E-state index contributed by atoms with van der Waals surface area (Å²) in [5.74, 6) is 0. The minimum atomic E-state index is 0.202. The maximum absolute atomic E-state index is 9.00. The first-order valence-corrected chi connectivity index (χ1v) is 6.47. The van der Waals surface area contributed by atoms with Gasteiger partial charge in [-0.1, -0.05) is 0 Å². The predicted octanol–water partition coefficient (Wildman–Crippen LogP) is 2.26. The Balaban J connectivity index is 2.09. The lowest BCUT2D eigenvalue weighted by atomic mass is 9.92. The number of anilines is 1. The lowest BCUT2D eigenvalue weighted by molar-refractivity contribution is 0.283. The molecule has 3 nitrogen and oxygen atoms in total. The van der Waals surface area contributed by atoms with Gasteiger partial charge in [0.2, 0.25) is 0 Å². The van der Waals surface area contributed by atoms with E-state index in [1.54, 1.807) is 11.3 Å². The summed E-state index contributed by atoms with van der Waals surface area (Å²) in [6, 6.07) is 0.597. The van der Waals surface area contributed by atoms with Crippen molar-refractivity contribution >= 4 is 32.4 Å². The number of aliphatic hydroxyl groups is 1. The number of rotatable bonds is 4. The Labute approximate surface area is 95.9 Å². The standard InChI is InChI=1S/C9H13BrN2OS/c10-8-6-14-9(11-8)12(4-5-13)7-2-1-3-7/h6-7,13H,1-5H2. The Morgan fingerprint density at radius 1 is 1.64 bits per heavy atom. The van der Waals surface area contributed by atoms with Crippen molar-refractivity contribution in [2.75, 3.05) is 18.1 Å². The van der Waals surface area contributed by atoms with Gasteiger partial charge in [-0.25, -0.2) is 4.98 Å². The number of halogens is 1. The van der Waals surface area contributed by atoms with Gasteiger partial charge < -0.3 is 10.0 Å². The molecule has 1 saturated carbocycles. The van der Waals surface area contributed by atoms with Crippen LogP contribution in [0.25, 0.3) is 0 Å². The molecule has 1 aromatic heterocycles. The van der Waals surface area contributed by atoms with Crippen LogP contribution in [0.5, 0.6) is 0 Å². The molecule has 0 saturated heterocycles. The molecule has 1 fully saturated rings. The van der Waals surface area contributed by atoms with Crippen LogP contribution in [-0.4, -0.2) is 29.3 Å². The van der Waals surface area contributed by atoms with E-state index in [1.165, 1.54) is 19.3 Å². The summed E-state index contributed by atoms with van der Waals surface area (Å²) in [7, 11) is 0. The van der Waals surface area contributed by atoms with Gasteiger partial charge in [-0.2, -0.15) is 0 Å². The molecule has 0 unspecified atom stereocenters. The maximum Gasteiger partial charge on any atom is 0.186 e. The highest BCUT2D eigenvalue weighted by molar-refractivity contribution is 9.10. The third-order valence-corrected chi connectivity index (χ3v) is 4.15. The van der Waals surface area contributed by atoms with Gasteiger partial charge in [-0.15, -0.1) is 11.3 Å². The van der Waals surface area contributed by atoms with E-state index < -0.39 is 0 Å². The van der Waals surface area contributed by atoms with Gasteiger partial charge in [0.25, 0.3) is 0 Å². The van der Waals surface area contributed by atoms with Crippen LogP contribution in [0.4, 0.5) is 5.13 Å². The average molecular weight is 277 g/mol.